The number of aliphatic hydroxyl groups excluding tert-OH is 1. The molecule has 2 aromatic carbocycles. The number of aryl methyl sites for hydroxylation is 1. The van der Waals surface area contributed by atoms with Crippen molar-refractivity contribution < 1.29 is 14.6 Å². The molecule has 140 valence electrons. The summed E-state index contributed by atoms with van der Waals surface area (Å²) < 4.78 is 12.6. The first-order valence-electron chi connectivity index (χ1n) is 8.63. The molecule has 0 saturated carbocycles. The minimum Gasteiger partial charge on any atom is -0.493 e. The number of nitrogens with zero attached hydrogens (tertiary/aromatic N) is 4. The number of benzene rings is 2. The van der Waals surface area contributed by atoms with Gasteiger partial charge in [-0.05, 0) is 23.8 Å². The molecule has 4 aromatic rings. The van der Waals surface area contributed by atoms with Crippen molar-refractivity contribution in [1.82, 2.24) is 14.8 Å². The van der Waals surface area contributed by atoms with Crippen molar-refractivity contribution in [2.24, 2.45) is 7.05 Å². The monoisotopic (exact) mass is 374 g/mol. The Hall–Kier alpha value is -3.63. The molecule has 2 heterocycles. The fourth-order valence-corrected chi connectivity index (χ4v) is 3.44. The van der Waals surface area contributed by atoms with Gasteiger partial charge >= 0.3 is 0 Å². The average molecular weight is 374 g/mol. The summed E-state index contributed by atoms with van der Waals surface area (Å²) in [5.41, 5.74) is 4.20. The number of ether oxygens (including phenoxy) is 2. The first-order valence-corrected chi connectivity index (χ1v) is 8.63. The molecular formula is C21H18N4O3. The molecule has 0 radical (unpaired) electrons. The Morgan fingerprint density at radius 3 is 2.57 bits per heavy atom. The zero-order valence-corrected chi connectivity index (χ0v) is 15.7. The molecule has 0 saturated heterocycles. The Bertz CT molecular complexity index is 1250. The Labute approximate surface area is 161 Å². The second-order valence-corrected chi connectivity index (χ2v) is 6.36. The molecule has 1 N–H and O–H groups in total. The topological polar surface area (TPSA) is 93.2 Å². The maximum Gasteiger partial charge on any atom is 0.162 e. The number of methoxy groups -OCH3 is 2. The number of fused-ring (bicyclic) bond motifs is 3. The molecule has 28 heavy (non-hydrogen) atoms. The molecule has 0 unspecified atom stereocenters. The van der Waals surface area contributed by atoms with E-state index in [-0.39, 0.29) is 6.61 Å². The van der Waals surface area contributed by atoms with Gasteiger partial charge in [0, 0.05) is 29.4 Å². The van der Waals surface area contributed by atoms with Crippen LogP contribution in [0.3, 0.4) is 0 Å². The van der Waals surface area contributed by atoms with Crippen molar-refractivity contribution >= 4 is 21.8 Å². The summed E-state index contributed by atoms with van der Waals surface area (Å²) in [6.07, 6.45) is 1.77. The number of rotatable bonds is 4. The number of pyridine rings is 1. The van der Waals surface area contributed by atoms with E-state index >= 15 is 0 Å². The quantitative estimate of drug-likeness (QED) is 0.590. The predicted molar refractivity (Wildman–Crippen MR) is 105 cm³/mol. The standard InChI is InChI=1S/C21H18N4O3/c1-25-17-10-23-16-8-19(28-3)18(27-2)7-15(16)20(17)21(24-25)12-4-5-13(9-22)14(6-12)11-26/h4-8,10,26H,11H2,1-3H3. The SMILES string of the molecule is COc1cc2ncc3c(c(-c4ccc(C#N)c(CO)c4)nn3C)c2cc1OC. The van der Waals surface area contributed by atoms with Gasteiger partial charge in [-0.2, -0.15) is 10.4 Å². The van der Waals surface area contributed by atoms with Crippen LogP contribution in [-0.2, 0) is 13.7 Å². The summed E-state index contributed by atoms with van der Waals surface area (Å²) in [7, 11) is 5.04. The maximum absolute atomic E-state index is 9.62. The van der Waals surface area contributed by atoms with Crippen LogP contribution in [0.1, 0.15) is 11.1 Å². The lowest BCUT2D eigenvalue weighted by molar-refractivity contribution is 0.281. The first kappa shape index (κ1) is 17.8. The van der Waals surface area contributed by atoms with E-state index < -0.39 is 0 Å². The molecule has 0 aliphatic rings. The Kier molecular flexibility index (Phi) is 4.34. The second-order valence-electron chi connectivity index (χ2n) is 6.36. The lowest BCUT2D eigenvalue weighted by Crippen LogP contribution is -1.93. The summed E-state index contributed by atoms with van der Waals surface area (Å²) in [6, 6.07) is 11.2. The first-order chi connectivity index (χ1) is 13.6. The van der Waals surface area contributed by atoms with Crippen molar-refractivity contribution in [2.75, 3.05) is 14.2 Å². The smallest absolute Gasteiger partial charge is 0.162 e. The third-order valence-corrected chi connectivity index (χ3v) is 4.86. The van der Waals surface area contributed by atoms with Crippen LogP contribution in [-0.4, -0.2) is 34.1 Å². The van der Waals surface area contributed by atoms with Gasteiger partial charge in [-0.15, -0.1) is 0 Å². The van der Waals surface area contributed by atoms with E-state index in [4.69, 9.17) is 9.47 Å². The van der Waals surface area contributed by atoms with Crippen LogP contribution in [0.25, 0.3) is 33.1 Å². The van der Waals surface area contributed by atoms with Crippen molar-refractivity contribution in [3.63, 3.8) is 0 Å². The third-order valence-electron chi connectivity index (χ3n) is 4.86. The zero-order chi connectivity index (χ0) is 19.8. The van der Waals surface area contributed by atoms with Crippen LogP contribution in [0.4, 0.5) is 0 Å². The second kappa shape index (κ2) is 6.83. The van der Waals surface area contributed by atoms with Crippen LogP contribution in [0, 0.1) is 11.3 Å². The highest BCUT2D eigenvalue weighted by Gasteiger charge is 2.18. The van der Waals surface area contributed by atoms with Gasteiger partial charge in [0.25, 0.3) is 0 Å². The highest BCUT2D eigenvalue weighted by Crippen LogP contribution is 2.38. The zero-order valence-electron chi connectivity index (χ0n) is 15.7. The van der Waals surface area contributed by atoms with Gasteiger partial charge < -0.3 is 14.6 Å². The summed E-state index contributed by atoms with van der Waals surface area (Å²) >= 11 is 0. The van der Waals surface area contributed by atoms with E-state index in [1.807, 2.05) is 25.2 Å². The molecule has 0 bridgehead atoms. The van der Waals surface area contributed by atoms with Gasteiger partial charge in [-0.25, -0.2) is 0 Å². The Morgan fingerprint density at radius 1 is 1.14 bits per heavy atom. The lowest BCUT2D eigenvalue weighted by atomic mass is 10.00. The van der Waals surface area contributed by atoms with Gasteiger partial charge in [0.1, 0.15) is 5.69 Å². The number of hydrogen-bond acceptors (Lipinski definition) is 6. The van der Waals surface area contributed by atoms with Crippen LogP contribution in [0.15, 0.2) is 36.5 Å². The molecule has 7 heteroatoms. The van der Waals surface area contributed by atoms with E-state index in [1.54, 1.807) is 37.2 Å². The van der Waals surface area contributed by atoms with E-state index in [1.165, 1.54) is 0 Å². The predicted octanol–water partition coefficient (Wildman–Crippen LogP) is 3.17. The van der Waals surface area contributed by atoms with Gasteiger partial charge in [-0.1, -0.05) is 6.07 Å². The summed E-state index contributed by atoms with van der Waals surface area (Å²) in [6.45, 7) is -0.213. The third kappa shape index (κ3) is 2.63. The fourth-order valence-electron chi connectivity index (χ4n) is 3.44. The van der Waals surface area contributed by atoms with Gasteiger partial charge in [0.15, 0.2) is 11.5 Å². The maximum atomic E-state index is 9.62. The number of aliphatic hydroxyl groups is 1. The molecule has 2 aromatic heterocycles. The van der Waals surface area contributed by atoms with Crippen molar-refractivity contribution in [1.29, 1.82) is 5.26 Å². The lowest BCUT2D eigenvalue weighted by Gasteiger charge is -2.10. The van der Waals surface area contributed by atoms with E-state index in [2.05, 4.69) is 16.2 Å². The minimum atomic E-state index is -0.213. The van der Waals surface area contributed by atoms with Crippen LogP contribution >= 0.6 is 0 Å². The highest BCUT2D eigenvalue weighted by molar-refractivity contribution is 6.11. The normalized spacial score (nSPS) is 11.0. The summed E-state index contributed by atoms with van der Waals surface area (Å²) in [4.78, 5) is 4.54. The molecule has 0 fully saturated rings. The Balaban J connectivity index is 2.07. The molecule has 4 rings (SSSR count). The summed E-state index contributed by atoms with van der Waals surface area (Å²) in [5.74, 6) is 1.21. The van der Waals surface area contributed by atoms with Gasteiger partial charge in [0.05, 0.1) is 49.7 Å². The Morgan fingerprint density at radius 2 is 1.89 bits per heavy atom. The van der Waals surface area contributed by atoms with E-state index in [0.717, 1.165) is 33.1 Å². The van der Waals surface area contributed by atoms with Gasteiger partial charge in [-0.3, -0.25) is 9.67 Å². The molecule has 0 aliphatic carbocycles. The highest BCUT2D eigenvalue weighted by atomic mass is 16.5. The van der Waals surface area contributed by atoms with E-state index in [9.17, 15) is 10.4 Å². The molecular weight excluding hydrogens is 356 g/mol. The van der Waals surface area contributed by atoms with Crippen molar-refractivity contribution in [3.8, 4) is 28.8 Å². The fraction of sp³-hybridized carbons (Fsp3) is 0.190. The molecule has 0 amide bonds. The molecule has 0 aliphatic heterocycles. The molecule has 0 atom stereocenters. The van der Waals surface area contributed by atoms with Crippen LogP contribution in [0.5, 0.6) is 11.5 Å². The molecule has 0 spiro atoms. The minimum absolute atomic E-state index is 0.213. The number of nitriles is 1. The van der Waals surface area contributed by atoms with Crippen LogP contribution in [0.2, 0.25) is 0 Å². The van der Waals surface area contributed by atoms with E-state index in [0.29, 0.717) is 22.6 Å². The average Bonchev–Trinajstić information content (AvgIpc) is 3.08. The van der Waals surface area contributed by atoms with Crippen molar-refractivity contribution in [2.45, 2.75) is 6.61 Å². The molecule has 7 nitrogen and oxygen atoms in total. The number of hydrogen-bond donors (Lipinski definition) is 1. The summed E-state index contributed by atoms with van der Waals surface area (Å²) in [5, 5.41) is 25.3. The van der Waals surface area contributed by atoms with Crippen LogP contribution < -0.4 is 9.47 Å². The largest absolute Gasteiger partial charge is 0.493 e. The van der Waals surface area contributed by atoms with Gasteiger partial charge in [0.2, 0.25) is 0 Å². The van der Waals surface area contributed by atoms with Crippen molar-refractivity contribution in [3.05, 3.63) is 47.7 Å². The number of aromatic nitrogens is 3.